The Morgan fingerprint density at radius 3 is 1.89 bits per heavy atom. The molecule has 12 nitrogen and oxygen atoms in total. The number of methoxy groups -OCH3 is 1. The van der Waals surface area contributed by atoms with Gasteiger partial charge in [0.25, 0.3) is 11.8 Å². The fourth-order valence-electron chi connectivity index (χ4n) is 8.18. The van der Waals surface area contributed by atoms with E-state index in [1.165, 1.54) is 0 Å². The fourth-order valence-corrected chi connectivity index (χ4v) is 8.18. The van der Waals surface area contributed by atoms with Gasteiger partial charge in [-0.1, -0.05) is 24.3 Å². The Labute approximate surface area is 322 Å². The van der Waals surface area contributed by atoms with E-state index in [1.807, 2.05) is 41.3 Å². The van der Waals surface area contributed by atoms with Crippen LogP contribution in [0.5, 0.6) is 17.2 Å². The van der Waals surface area contributed by atoms with E-state index in [0.29, 0.717) is 72.4 Å². The van der Waals surface area contributed by atoms with Crippen LogP contribution in [0.3, 0.4) is 0 Å². The summed E-state index contributed by atoms with van der Waals surface area (Å²) in [4.78, 5) is 44.9. The normalized spacial score (nSPS) is 20.6. The number of piperazine rings is 1. The van der Waals surface area contributed by atoms with Gasteiger partial charge in [0, 0.05) is 69.5 Å². The zero-order valence-electron chi connectivity index (χ0n) is 31.8. The third-order valence-corrected chi connectivity index (χ3v) is 11.2. The van der Waals surface area contributed by atoms with Gasteiger partial charge < -0.3 is 34.6 Å². The van der Waals surface area contributed by atoms with E-state index in [2.05, 4.69) is 41.2 Å². The summed E-state index contributed by atoms with van der Waals surface area (Å²) >= 11 is 0. The summed E-state index contributed by atoms with van der Waals surface area (Å²) in [5.74, 6) is 1.55. The topological polar surface area (TPSA) is 126 Å². The number of hydrogen-bond donors (Lipinski definition) is 1. The number of anilines is 1. The van der Waals surface area contributed by atoms with Gasteiger partial charge in [-0.25, -0.2) is 0 Å². The number of benzene rings is 3. The Hall–Kier alpha value is -5.46. The van der Waals surface area contributed by atoms with E-state index < -0.39 is 0 Å². The first kappa shape index (κ1) is 36.5. The Morgan fingerprint density at radius 2 is 1.31 bits per heavy atom. The predicted octanol–water partition coefficient (Wildman–Crippen LogP) is 5.61. The van der Waals surface area contributed by atoms with Crippen molar-refractivity contribution in [2.45, 2.75) is 51.5 Å². The molecule has 0 unspecified atom stereocenters. The van der Waals surface area contributed by atoms with Crippen molar-refractivity contribution in [3.8, 4) is 17.2 Å². The highest BCUT2D eigenvalue weighted by molar-refractivity contribution is 6.04. The molecule has 0 radical (unpaired) electrons. The van der Waals surface area contributed by atoms with Gasteiger partial charge in [0.05, 0.1) is 41.7 Å². The summed E-state index contributed by atoms with van der Waals surface area (Å²) in [6.45, 7) is 17.2. The molecule has 2 N–H and O–H groups in total. The third-order valence-electron chi connectivity index (χ3n) is 11.2. The second kappa shape index (κ2) is 15.3. The highest BCUT2D eigenvalue weighted by Crippen LogP contribution is 2.39. The van der Waals surface area contributed by atoms with E-state index in [-0.39, 0.29) is 30.5 Å². The first-order chi connectivity index (χ1) is 26.7. The number of carbonyl (C=O) groups excluding carboxylic acids is 2. The molecule has 5 heterocycles. The molecule has 0 saturated carbocycles. The van der Waals surface area contributed by atoms with Gasteiger partial charge in [0.15, 0.2) is 11.5 Å². The fraction of sp³-hybridized carbons (Fsp3) is 0.395. The zero-order valence-corrected chi connectivity index (χ0v) is 31.8. The predicted molar refractivity (Wildman–Crippen MR) is 215 cm³/mol. The highest BCUT2D eigenvalue weighted by Gasteiger charge is 2.35. The van der Waals surface area contributed by atoms with Gasteiger partial charge in [0.1, 0.15) is 19.0 Å². The molecular weight excluding hydrogens is 695 g/mol. The standard InChI is InChI=1S/C43H49N7O5/c1-27-12-33-21-45-37-19-39(29(3)14-35(37)42(51)49(33)23-27)54-25-30-15-31(17-32(16-30)48-10-8-47(9-11-48)7-5-6-44)26-55-41-20-38-36(18-40(41)53-4)43(52)50-24-28(2)13-34(50)22-46-38/h14-22,33-34H,1-2,5-13,23-26,44H2,3-4H3/t33-,34-/m0/s1. The van der Waals surface area contributed by atoms with Crippen LogP contribution >= 0.6 is 0 Å². The lowest BCUT2D eigenvalue weighted by atomic mass is 10.1. The second-order valence-electron chi connectivity index (χ2n) is 15.2. The van der Waals surface area contributed by atoms with Crippen molar-refractivity contribution in [1.82, 2.24) is 14.7 Å². The highest BCUT2D eigenvalue weighted by atomic mass is 16.5. The molecular formula is C43H49N7O5. The second-order valence-corrected chi connectivity index (χ2v) is 15.2. The molecule has 2 atom stereocenters. The van der Waals surface area contributed by atoms with Gasteiger partial charge in [0.2, 0.25) is 0 Å². The van der Waals surface area contributed by atoms with Crippen molar-refractivity contribution in [3.05, 3.63) is 94.6 Å². The molecule has 0 spiro atoms. The lowest BCUT2D eigenvalue weighted by Gasteiger charge is -2.36. The maximum absolute atomic E-state index is 13.5. The van der Waals surface area contributed by atoms with Crippen LogP contribution in [-0.2, 0) is 13.2 Å². The minimum atomic E-state index is -0.1000. The summed E-state index contributed by atoms with van der Waals surface area (Å²) in [7, 11) is 1.58. The molecule has 3 fully saturated rings. The largest absolute Gasteiger partial charge is 0.493 e. The first-order valence-electron chi connectivity index (χ1n) is 19.1. The van der Waals surface area contributed by atoms with Crippen LogP contribution < -0.4 is 24.8 Å². The molecule has 286 valence electrons. The molecule has 0 aliphatic carbocycles. The van der Waals surface area contributed by atoms with Gasteiger partial charge in [-0.2, -0.15) is 0 Å². The first-order valence-corrected chi connectivity index (χ1v) is 19.1. The average molecular weight is 744 g/mol. The number of amides is 2. The molecule has 2 amide bonds. The number of rotatable bonds is 11. The van der Waals surface area contributed by atoms with Crippen molar-refractivity contribution >= 4 is 41.3 Å². The lowest BCUT2D eigenvalue weighted by molar-refractivity contribution is 0.0770. The summed E-state index contributed by atoms with van der Waals surface area (Å²) in [5.41, 5.74) is 14.0. The van der Waals surface area contributed by atoms with E-state index >= 15 is 0 Å². The SMILES string of the molecule is C=C1C[C@H]2C=Nc3cc(OCc4cc(COc5cc6c(cc5OC)C(=O)N5CC(=C)C[C@H]5C=N6)cc(N5CCN(CCCN)CC5)c4)c(C)cc3C(=O)N2C1. The minimum absolute atomic E-state index is 0.0256. The van der Waals surface area contributed by atoms with Crippen LogP contribution in [0.4, 0.5) is 17.1 Å². The van der Waals surface area contributed by atoms with E-state index in [1.54, 1.807) is 19.2 Å². The van der Waals surface area contributed by atoms with Crippen LogP contribution in [0.25, 0.3) is 0 Å². The minimum Gasteiger partial charge on any atom is -0.493 e. The molecule has 5 aliphatic rings. The monoisotopic (exact) mass is 743 g/mol. The average Bonchev–Trinajstić information content (AvgIpc) is 3.70. The maximum atomic E-state index is 13.5. The van der Waals surface area contributed by atoms with Crippen LogP contribution in [0.2, 0.25) is 0 Å². The van der Waals surface area contributed by atoms with Gasteiger partial charge in [-0.05, 0) is 86.3 Å². The van der Waals surface area contributed by atoms with Crippen LogP contribution in [0, 0.1) is 6.92 Å². The van der Waals surface area contributed by atoms with Crippen LogP contribution in [-0.4, -0.2) is 110 Å². The molecule has 3 aromatic carbocycles. The van der Waals surface area contributed by atoms with Crippen molar-refractivity contribution in [1.29, 1.82) is 0 Å². The summed E-state index contributed by atoms with van der Waals surface area (Å²) in [5, 5.41) is 0. The number of aryl methyl sites for hydroxylation is 1. The Bertz CT molecular complexity index is 2100. The number of aliphatic imine (C=N–C) groups is 2. The number of carbonyl (C=O) groups is 2. The number of hydrogen-bond acceptors (Lipinski definition) is 10. The number of nitrogens with two attached hydrogens (primary N) is 1. The van der Waals surface area contributed by atoms with Crippen molar-refractivity contribution < 1.29 is 23.8 Å². The number of nitrogens with zero attached hydrogens (tertiary/aromatic N) is 6. The molecule has 0 aromatic heterocycles. The van der Waals surface area contributed by atoms with E-state index in [0.717, 1.165) is 79.1 Å². The van der Waals surface area contributed by atoms with Gasteiger partial charge in [-0.3, -0.25) is 24.5 Å². The molecule has 3 saturated heterocycles. The smallest absolute Gasteiger partial charge is 0.257 e. The number of ether oxygens (including phenoxy) is 3. The maximum Gasteiger partial charge on any atom is 0.257 e. The van der Waals surface area contributed by atoms with Gasteiger partial charge >= 0.3 is 0 Å². The van der Waals surface area contributed by atoms with Crippen LogP contribution in [0.15, 0.2) is 76.8 Å². The van der Waals surface area contributed by atoms with E-state index in [9.17, 15) is 9.59 Å². The van der Waals surface area contributed by atoms with E-state index in [4.69, 9.17) is 29.9 Å². The van der Waals surface area contributed by atoms with Crippen molar-refractivity contribution in [2.24, 2.45) is 15.7 Å². The van der Waals surface area contributed by atoms with Crippen molar-refractivity contribution in [3.63, 3.8) is 0 Å². The summed E-state index contributed by atoms with van der Waals surface area (Å²) in [6, 6.07) is 13.6. The third kappa shape index (κ3) is 7.48. The molecule has 8 rings (SSSR count). The van der Waals surface area contributed by atoms with Gasteiger partial charge in [-0.15, -0.1) is 0 Å². The quantitative estimate of drug-likeness (QED) is 0.252. The summed E-state index contributed by atoms with van der Waals surface area (Å²) in [6.07, 6.45) is 6.13. The Kier molecular flexibility index (Phi) is 10.2. The molecule has 5 aliphatic heterocycles. The zero-order chi connectivity index (χ0) is 38.2. The number of fused-ring (bicyclic) bond motifs is 4. The summed E-state index contributed by atoms with van der Waals surface area (Å²) < 4.78 is 18.7. The van der Waals surface area contributed by atoms with Crippen LogP contribution in [0.1, 0.15) is 56.7 Å². The van der Waals surface area contributed by atoms with Crippen molar-refractivity contribution in [2.75, 3.05) is 64.4 Å². The molecule has 55 heavy (non-hydrogen) atoms. The molecule has 0 bridgehead atoms. The lowest BCUT2D eigenvalue weighted by Crippen LogP contribution is -2.47. The molecule has 12 heteroatoms. The Balaban J connectivity index is 1.04. The Morgan fingerprint density at radius 1 is 0.745 bits per heavy atom. The molecule has 3 aromatic rings.